The molecular weight excluding hydrogens is 234 g/mol. The van der Waals surface area contributed by atoms with Gasteiger partial charge < -0.3 is 15.5 Å². The van der Waals surface area contributed by atoms with E-state index in [1.165, 1.54) is 25.1 Å². The van der Waals surface area contributed by atoms with E-state index in [9.17, 15) is 9.59 Å². The van der Waals surface area contributed by atoms with Crippen molar-refractivity contribution in [2.45, 2.75) is 13.0 Å². The van der Waals surface area contributed by atoms with Crippen molar-refractivity contribution in [1.82, 2.24) is 0 Å². The number of rotatable bonds is 4. The smallest absolute Gasteiger partial charge is 0.337 e. The molecule has 0 aliphatic heterocycles. The minimum atomic E-state index is -1.16. The topological polar surface area (TPSA) is 86.6 Å². The van der Waals surface area contributed by atoms with Crippen LogP contribution in [0, 0.1) is 0 Å². The molecule has 0 aromatic heterocycles. The van der Waals surface area contributed by atoms with Crippen molar-refractivity contribution in [3.05, 3.63) is 28.8 Å². The number of carboxylic acid groups (broad SMARTS) is 2. The Morgan fingerprint density at radius 1 is 1.38 bits per heavy atom. The molecular formula is C10H10ClNO4. The third kappa shape index (κ3) is 2.87. The molecule has 0 fully saturated rings. The van der Waals surface area contributed by atoms with Crippen molar-refractivity contribution >= 4 is 29.2 Å². The SMILES string of the molecule is CC(Nc1ccc(Cl)cc1C(=O)O)C(=O)O. The Morgan fingerprint density at radius 2 is 2.00 bits per heavy atom. The van der Waals surface area contributed by atoms with E-state index in [-0.39, 0.29) is 16.3 Å². The number of aromatic carboxylic acids is 1. The highest BCUT2D eigenvalue weighted by atomic mass is 35.5. The van der Waals surface area contributed by atoms with Gasteiger partial charge in [-0.25, -0.2) is 4.79 Å². The molecule has 16 heavy (non-hydrogen) atoms. The zero-order valence-electron chi connectivity index (χ0n) is 8.40. The van der Waals surface area contributed by atoms with Crippen LogP contribution in [-0.2, 0) is 4.79 Å². The lowest BCUT2D eigenvalue weighted by atomic mass is 10.1. The van der Waals surface area contributed by atoms with Crippen LogP contribution in [0.5, 0.6) is 0 Å². The number of hydrogen-bond donors (Lipinski definition) is 3. The highest BCUT2D eigenvalue weighted by molar-refractivity contribution is 6.31. The van der Waals surface area contributed by atoms with Gasteiger partial charge in [0.05, 0.1) is 5.56 Å². The Morgan fingerprint density at radius 3 is 2.50 bits per heavy atom. The van der Waals surface area contributed by atoms with Gasteiger partial charge in [-0.3, -0.25) is 4.79 Å². The molecule has 0 heterocycles. The quantitative estimate of drug-likeness (QED) is 0.752. The van der Waals surface area contributed by atoms with E-state index in [0.29, 0.717) is 0 Å². The van der Waals surface area contributed by atoms with Crippen molar-refractivity contribution in [2.75, 3.05) is 5.32 Å². The van der Waals surface area contributed by atoms with Gasteiger partial charge in [0.15, 0.2) is 0 Å². The largest absolute Gasteiger partial charge is 0.480 e. The number of hydrogen-bond acceptors (Lipinski definition) is 3. The summed E-state index contributed by atoms with van der Waals surface area (Å²) in [6, 6.07) is 3.32. The van der Waals surface area contributed by atoms with Crippen molar-refractivity contribution in [3.63, 3.8) is 0 Å². The van der Waals surface area contributed by atoms with Crippen LogP contribution in [0.2, 0.25) is 5.02 Å². The van der Waals surface area contributed by atoms with Gasteiger partial charge in [0.2, 0.25) is 0 Å². The molecule has 0 saturated carbocycles. The van der Waals surface area contributed by atoms with Gasteiger partial charge in [-0.2, -0.15) is 0 Å². The molecule has 0 aliphatic rings. The number of halogens is 1. The predicted octanol–water partition coefficient (Wildman–Crippen LogP) is 1.92. The molecule has 0 radical (unpaired) electrons. The minimum absolute atomic E-state index is 0.0550. The van der Waals surface area contributed by atoms with E-state index in [1.807, 2.05) is 0 Å². The Bertz CT molecular complexity index is 433. The summed E-state index contributed by atoms with van der Waals surface area (Å²) in [5, 5.41) is 20.4. The van der Waals surface area contributed by atoms with Crippen LogP contribution in [0.1, 0.15) is 17.3 Å². The monoisotopic (exact) mass is 243 g/mol. The van der Waals surface area contributed by atoms with Gasteiger partial charge in [-0.05, 0) is 25.1 Å². The van der Waals surface area contributed by atoms with Crippen LogP contribution >= 0.6 is 11.6 Å². The number of nitrogens with one attached hydrogen (secondary N) is 1. The molecule has 6 heteroatoms. The summed E-state index contributed by atoms with van der Waals surface area (Å²) < 4.78 is 0. The van der Waals surface area contributed by atoms with E-state index in [0.717, 1.165) is 0 Å². The average molecular weight is 244 g/mol. The third-order valence-corrected chi connectivity index (χ3v) is 2.19. The Hall–Kier alpha value is -1.75. The first-order valence-corrected chi connectivity index (χ1v) is 4.82. The molecule has 1 aromatic rings. The second-order valence-corrected chi connectivity index (χ2v) is 3.64. The molecule has 0 aliphatic carbocycles. The fraction of sp³-hybridized carbons (Fsp3) is 0.200. The van der Waals surface area contributed by atoms with Crippen LogP contribution in [-0.4, -0.2) is 28.2 Å². The van der Waals surface area contributed by atoms with Crippen molar-refractivity contribution in [3.8, 4) is 0 Å². The summed E-state index contributed by atoms with van der Waals surface area (Å²) >= 11 is 5.65. The van der Waals surface area contributed by atoms with E-state index in [4.69, 9.17) is 21.8 Å². The number of aliphatic carboxylic acids is 1. The predicted molar refractivity (Wildman–Crippen MR) is 59.1 cm³/mol. The standard InChI is InChI=1S/C10H10ClNO4/c1-5(9(13)14)12-8-3-2-6(11)4-7(8)10(15)16/h2-5,12H,1H3,(H,13,14)(H,15,16). The highest BCUT2D eigenvalue weighted by Crippen LogP contribution is 2.21. The van der Waals surface area contributed by atoms with Crippen LogP contribution in [0.4, 0.5) is 5.69 Å². The summed E-state index contributed by atoms with van der Waals surface area (Å²) in [4.78, 5) is 21.5. The Labute approximate surface area is 96.7 Å². The highest BCUT2D eigenvalue weighted by Gasteiger charge is 2.15. The molecule has 0 spiro atoms. The summed E-state index contributed by atoms with van der Waals surface area (Å²) in [5.41, 5.74) is 0.174. The molecule has 1 atom stereocenters. The first-order chi connectivity index (χ1) is 7.41. The fourth-order valence-corrected chi connectivity index (χ4v) is 1.29. The van der Waals surface area contributed by atoms with Crippen LogP contribution < -0.4 is 5.32 Å². The number of carboxylic acids is 2. The molecule has 5 nitrogen and oxygen atoms in total. The van der Waals surface area contributed by atoms with E-state index in [2.05, 4.69) is 5.32 Å². The second kappa shape index (κ2) is 4.85. The third-order valence-electron chi connectivity index (χ3n) is 1.95. The molecule has 0 amide bonds. The van der Waals surface area contributed by atoms with E-state index < -0.39 is 18.0 Å². The van der Waals surface area contributed by atoms with Crippen LogP contribution in [0.25, 0.3) is 0 Å². The second-order valence-electron chi connectivity index (χ2n) is 3.20. The first-order valence-electron chi connectivity index (χ1n) is 4.44. The van der Waals surface area contributed by atoms with Gasteiger partial charge in [-0.1, -0.05) is 11.6 Å². The Balaban J connectivity index is 3.04. The van der Waals surface area contributed by atoms with E-state index >= 15 is 0 Å². The van der Waals surface area contributed by atoms with Gasteiger partial charge in [0.25, 0.3) is 0 Å². The van der Waals surface area contributed by atoms with Gasteiger partial charge >= 0.3 is 11.9 Å². The van der Waals surface area contributed by atoms with E-state index in [1.54, 1.807) is 0 Å². The minimum Gasteiger partial charge on any atom is -0.480 e. The maximum atomic E-state index is 10.9. The summed E-state index contributed by atoms with van der Waals surface area (Å²) in [5.74, 6) is -2.23. The number of carbonyl (C=O) groups is 2. The average Bonchev–Trinajstić information content (AvgIpc) is 2.20. The molecule has 0 bridgehead atoms. The number of benzene rings is 1. The summed E-state index contributed by atoms with van der Waals surface area (Å²) in [6.45, 7) is 1.42. The zero-order valence-corrected chi connectivity index (χ0v) is 9.15. The van der Waals surface area contributed by atoms with Crippen LogP contribution in [0.3, 0.4) is 0 Å². The summed E-state index contributed by atoms with van der Waals surface area (Å²) in [7, 11) is 0. The normalized spacial score (nSPS) is 11.9. The Kier molecular flexibility index (Phi) is 3.73. The molecule has 3 N–H and O–H groups in total. The fourth-order valence-electron chi connectivity index (χ4n) is 1.11. The lowest BCUT2D eigenvalue weighted by Gasteiger charge is -2.13. The van der Waals surface area contributed by atoms with Crippen LogP contribution in [0.15, 0.2) is 18.2 Å². The lowest BCUT2D eigenvalue weighted by molar-refractivity contribution is -0.137. The first kappa shape index (κ1) is 12.3. The molecule has 86 valence electrons. The molecule has 1 rings (SSSR count). The molecule has 1 aromatic carbocycles. The zero-order chi connectivity index (χ0) is 12.3. The van der Waals surface area contributed by atoms with Crippen molar-refractivity contribution in [1.29, 1.82) is 0 Å². The lowest BCUT2D eigenvalue weighted by Crippen LogP contribution is -2.26. The van der Waals surface area contributed by atoms with Crippen molar-refractivity contribution < 1.29 is 19.8 Å². The van der Waals surface area contributed by atoms with Gasteiger partial charge in [0.1, 0.15) is 6.04 Å². The maximum absolute atomic E-state index is 10.9. The van der Waals surface area contributed by atoms with Gasteiger partial charge in [0, 0.05) is 10.7 Å². The van der Waals surface area contributed by atoms with Gasteiger partial charge in [-0.15, -0.1) is 0 Å². The number of anilines is 1. The molecule has 0 saturated heterocycles. The maximum Gasteiger partial charge on any atom is 0.337 e. The van der Waals surface area contributed by atoms with Crippen molar-refractivity contribution in [2.24, 2.45) is 0 Å². The molecule has 1 unspecified atom stereocenters. The summed E-state index contributed by atoms with van der Waals surface area (Å²) in [6.07, 6.45) is 0.